The molecule has 8 heteroatoms. The Balaban J connectivity index is 1.57. The summed E-state index contributed by atoms with van der Waals surface area (Å²) in [6.45, 7) is -0.221. The number of benzene rings is 2. The minimum absolute atomic E-state index is 0.0377. The fraction of sp³-hybridized carbons (Fsp3) is 0.125. The maximum Gasteiger partial charge on any atom is 0.252 e. The lowest BCUT2D eigenvalue weighted by atomic mass is 10.0. The first-order valence-corrected chi connectivity index (χ1v) is 10.3. The number of pyridine rings is 1. The molecular weight excluding hydrogens is 431 g/mol. The lowest BCUT2D eigenvalue weighted by Crippen LogP contribution is -2.39. The van der Waals surface area contributed by atoms with Gasteiger partial charge in [0.25, 0.3) is 5.91 Å². The highest BCUT2D eigenvalue weighted by Crippen LogP contribution is 2.28. The number of aromatic nitrogens is 3. The predicted molar refractivity (Wildman–Crippen MR) is 121 cm³/mol. The van der Waals surface area contributed by atoms with Gasteiger partial charge < -0.3 is 10.4 Å². The van der Waals surface area contributed by atoms with Crippen LogP contribution in [0.4, 0.5) is 4.39 Å². The summed E-state index contributed by atoms with van der Waals surface area (Å²) >= 11 is 5.76. The molecule has 0 fully saturated rings. The minimum Gasteiger partial charge on any atom is -0.394 e. The molecule has 6 nitrogen and oxygen atoms in total. The van der Waals surface area contributed by atoms with Gasteiger partial charge in [-0.15, -0.1) is 0 Å². The first kappa shape index (κ1) is 21.7. The topological polar surface area (TPSA) is 90.9 Å². The molecule has 0 aliphatic rings. The molecule has 0 saturated carbocycles. The van der Waals surface area contributed by atoms with Gasteiger partial charge in [-0.1, -0.05) is 41.9 Å². The highest BCUT2D eigenvalue weighted by Gasteiger charge is 2.19. The van der Waals surface area contributed by atoms with E-state index in [1.54, 1.807) is 36.5 Å². The summed E-state index contributed by atoms with van der Waals surface area (Å²) in [5, 5.41) is 19.8. The number of carbonyl (C=O) groups excluding carboxylic acids is 1. The molecule has 4 aromatic rings. The summed E-state index contributed by atoms with van der Waals surface area (Å²) in [6, 6.07) is 18.3. The molecule has 162 valence electrons. The van der Waals surface area contributed by atoms with Gasteiger partial charge in [-0.05, 0) is 36.4 Å². The smallest absolute Gasteiger partial charge is 0.252 e. The molecule has 0 bridgehead atoms. The van der Waals surface area contributed by atoms with Gasteiger partial charge >= 0.3 is 0 Å². The summed E-state index contributed by atoms with van der Waals surface area (Å²) in [5.41, 5.74) is 3.51. The van der Waals surface area contributed by atoms with Crippen molar-refractivity contribution in [2.24, 2.45) is 0 Å². The van der Waals surface area contributed by atoms with Crippen molar-refractivity contribution < 1.29 is 14.3 Å². The van der Waals surface area contributed by atoms with Gasteiger partial charge in [-0.25, -0.2) is 4.39 Å². The van der Waals surface area contributed by atoms with Crippen LogP contribution in [0.25, 0.3) is 22.5 Å². The molecule has 3 N–H and O–H groups in total. The minimum atomic E-state index is -0.531. The molecule has 1 amide bonds. The molecule has 0 aliphatic heterocycles. The van der Waals surface area contributed by atoms with Crippen molar-refractivity contribution >= 4 is 17.5 Å². The van der Waals surface area contributed by atoms with E-state index in [4.69, 9.17) is 11.6 Å². The first-order valence-electron chi connectivity index (χ1n) is 9.97. The number of rotatable bonds is 7. The maximum absolute atomic E-state index is 13.8. The van der Waals surface area contributed by atoms with Crippen molar-refractivity contribution in [1.82, 2.24) is 20.5 Å². The molecule has 0 radical (unpaired) electrons. The van der Waals surface area contributed by atoms with Gasteiger partial charge in [0.15, 0.2) is 0 Å². The third-order valence-corrected chi connectivity index (χ3v) is 5.30. The number of aromatic amines is 1. The van der Waals surface area contributed by atoms with Crippen LogP contribution in [-0.4, -0.2) is 38.8 Å². The SMILES string of the molecule is O=C(N[C@@H](CO)Cc1ccccn1)c1ccccc1-c1cc(-c2ccc(Cl)c(F)c2)n[nH]1. The Bertz CT molecular complexity index is 1230. The average molecular weight is 451 g/mol. The maximum atomic E-state index is 13.8. The number of nitrogens with one attached hydrogen (secondary N) is 2. The van der Waals surface area contributed by atoms with E-state index in [9.17, 15) is 14.3 Å². The fourth-order valence-corrected chi connectivity index (χ4v) is 3.49. The molecular formula is C24H20ClFN4O2. The van der Waals surface area contributed by atoms with Crippen molar-refractivity contribution in [3.8, 4) is 22.5 Å². The van der Waals surface area contributed by atoms with Crippen LogP contribution in [0.15, 0.2) is 72.9 Å². The zero-order valence-electron chi connectivity index (χ0n) is 16.9. The number of aliphatic hydroxyl groups excluding tert-OH is 1. The summed E-state index contributed by atoms with van der Waals surface area (Å²) in [5.74, 6) is -0.860. The third kappa shape index (κ3) is 4.85. The monoisotopic (exact) mass is 450 g/mol. The molecule has 0 spiro atoms. The predicted octanol–water partition coefficient (Wildman–Crippen LogP) is 4.26. The first-order chi connectivity index (χ1) is 15.5. The van der Waals surface area contributed by atoms with Gasteiger partial charge in [0, 0.05) is 35.0 Å². The highest BCUT2D eigenvalue weighted by atomic mass is 35.5. The van der Waals surface area contributed by atoms with Crippen molar-refractivity contribution in [1.29, 1.82) is 0 Å². The second-order valence-electron chi connectivity index (χ2n) is 7.22. The van der Waals surface area contributed by atoms with Crippen LogP contribution >= 0.6 is 11.6 Å². The number of nitrogens with zero attached hydrogens (tertiary/aromatic N) is 2. The summed E-state index contributed by atoms with van der Waals surface area (Å²) in [6.07, 6.45) is 2.07. The molecule has 2 aromatic carbocycles. The number of hydrogen-bond acceptors (Lipinski definition) is 4. The van der Waals surface area contributed by atoms with Gasteiger partial charge in [0.2, 0.25) is 0 Å². The molecule has 4 rings (SSSR count). The van der Waals surface area contributed by atoms with E-state index in [0.717, 1.165) is 5.69 Å². The van der Waals surface area contributed by atoms with Gasteiger partial charge in [0.1, 0.15) is 5.82 Å². The van der Waals surface area contributed by atoms with Crippen molar-refractivity contribution in [3.63, 3.8) is 0 Å². The van der Waals surface area contributed by atoms with E-state index in [1.165, 1.54) is 12.1 Å². The highest BCUT2D eigenvalue weighted by molar-refractivity contribution is 6.30. The Morgan fingerprint density at radius 1 is 1.12 bits per heavy atom. The van der Waals surface area contributed by atoms with Crippen LogP contribution < -0.4 is 5.32 Å². The molecule has 0 saturated heterocycles. The van der Waals surface area contributed by atoms with Gasteiger partial charge in [0.05, 0.1) is 29.1 Å². The molecule has 0 aliphatic carbocycles. The molecule has 32 heavy (non-hydrogen) atoms. The number of carbonyl (C=O) groups is 1. The fourth-order valence-electron chi connectivity index (χ4n) is 3.37. The second-order valence-corrected chi connectivity index (χ2v) is 7.63. The van der Waals surface area contributed by atoms with E-state index in [0.29, 0.717) is 34.5 Å². The largest absolute Gasteiger partial charge is 0.394 e. The second kappa shape index (κ2) is 9.72. The zero-order chi connectivity index (χ0) is 22.5. The zero-order valence-corrected chi connectivity index (χ0v) is 17.7. The lowest BCUT2D eigenvalue weighted by molar-refractivity contribution is 0.0917. The number of amides is 1. The number of aliphatic hydroxyl groups is 1. The Kier molecular flexibility index (Phi) is 6.58. The van der Waals surface area contributed by atoms with E-state index >= 15 is 0 Å². The van der Waals surface area contributed by atoms with Crippen LogP contribution in [0.5, 0.6) is 0 Å². The number of halogens is 2. The summed E-state index contributed by atoms with van der Waals surface area (Å²) in [4.78, 5) is 17.3. The van der Waals surface area contributed by atoms with Crippen molar-refractivity contribution in [2.45, 2.75) is 12.5 Å². The van der Waals surface area contributed by atoms with Crippen molar-refractivity contribution in [3.05, 3.63) is 95.0 Å². The molecule has 1 atom stereocenters. The summed E-state index contributed by atoms with van der Waals surface area (Å²) < 4.78 is 13.8. The summed E-state index contributed by atoms with van der Waals surface area (Å²) in [7, 11) is 0. The third-order valence-electron chi connectivity index (χ3n) is 4.99. The van der Waals surface area contributed by atoms with Gasteiger partial charge in [-0.3, -0.25) is 14.9 Å². The van der Waals surface area contributed by atoms with Gasteiger partial charge in [-0.2, -0.15) is 5.10 Å². The van der Waals surface area contributed by atoms with E-state index < -0.39 is 11.9 Å². The lowest BCUT2D eigenvalue weighted by Gasteiger charge is -2.17. The van der Waals surface area contributed by atoms with Crippen LogP contribution in [0.3, 0.4) is 0 Å². The Morgan fingerprint density at radius 2 is 1.94 bits per heavy atom. The van der Waals surface area contributed by atoms with E-state index in [-0.39, 0.29) is 17.5 Å². The number of H-pyrrole nitrogens is 1. The Hall–Kier alpha value is -3.55. The number of hydrogen-bond donors (Lipinski definition) is 3. The standard InChI is InChI=1S/C24H20ClFN4O2/c25-20-9-8-15(11-21(20)26)22-13-23(30-29-22)18-6-1-2-7-19(18)24(32)28-17(14-31)12-16-5-3-4-10-27-16/h1-11,13,17,31H,12,14H2,(H,28,32)(H,29,30)/t17-/m1/s1. The van der Waals surface area contributed by atoms with E-state index in [2.05, 4.69) is 20.5 Å². The Labute approximate surface area is 189 Å². The Morgan fingerprint density at radius 3 is 2.69 bits per heavy atom. The molecule has 2 aromatic heterocycles. The van der Waals surface area contributed by atoms with Crippen LogP contribution in [-0.2, 0) is 6.42 Å². The van der Waals surface area contributed by atoms with Crippen LogP contribution in [0, 0.1) is 5.82 Å². The van der Waals surface area contributed by atoms with Crippen molar-refractivity contribution in [2.75, 3.05) is 6.61 Å². The average Bonchev–Trinajstić information content (AvgIpc) is 3.31. The quantitative estimate of drug-likeness (QED) is 0.392. The van der Waals surface area contributed by atoms with Crippen LogP contribution in [0.2, 0.25) is 5.02 Å². The molecule has 2 heterocycles. The van der Waals surface area contributed by atoms with E-state index in [1.807, 2.05) is 24.3 Å². The normalized spacial score (nSPS) is 11.8. The van der Waals surface area contributed by atoms with Crippen LogP contribution in [0.1, 0.15) is 16.1 Å². The molecule has 0 unspecified atom stereocenters.